The van der Waals surface area contributed by atoms with Gasteiger partial charge in [0.1, 0.15) is 5.75 Å². The predicted molar refractivity (Wildman–Crippen MR) is 86.1 cm³/mol. The van der Waals surface area contributed by atoms with Crippen molar-refractivity contribution in [1.82, 2.24) is 5.32 Å². The Bertz CT molecular complexity index is 717. The van der Waals surface area contributed by atoms with E-state index in [1.807, 2.05) is 0 Å². The lowest BCUT2D eigenvalue weighted by atomic mass is 10.2. The molecule has 2 rings (SSSR count). The summed E-state index contributed by atoms with van der Waals surface area (Å²) in [5.74, 6) is -1.18. The Hall–Kier alpha value is -2.29. The average molecular weight is 341 g/mol. The van der Waals surface area contributed by atoms with E-state index in [0.717, 1.165) is 0 Å². The molecule has 2 N–H and O–H groups in total. The van der Waals surface area contributed by atoms with Crippen LogP contribution in [0, 0.1) is 0 Å². The normalized spacial score (nSPS) is 16.0. The molecule has 0 saturated carbocycles. The third-order valence-electron chi connectivity index (χ3n) is 3.36. The third kappa shape index (κ3) is 3.73. The summed E-state index contributed by atoms with van der Waals surface area (Å²) in [6.45, 7) is 2.42. The van der Waals surface area contributed by atoms with Crippen molar-refractivity contribution < 1.29 is 22.7 Å². The second-order valence-electron chi connectivity index (χ2n) is 4.94. The summed E-state index contributed by atoms with van der Waals surface area (Å²) in [7, 11) is -1.91. The van der Waals surface area contributed by atoms with E-state index in [1.165, 1.54) is 17.5 Å². The van der Waals surface area contributed by atoms with E-state index in [-0.39, 0.29) is 11.4 Å². The zero-order valence-corrected chi connectivity index (χ0v) is 13.8. The van der Waals surface area contributed by atoms with Crippen LogP contribution in [0.15, 0.2) is 18.2 Å². The molecule has 0 unspecified atom stereocenters. The largest absolute Gasteiger partial charge is 0.495 e. The van der Waals surface area contributed by atoms with Crippen molar-refractivity contribution in [3.63, 3.8) is 0 Å². The average Bonchev–Trinajstić information content (AvgIpc) is 2.86. The number of anilines is 2. The molecule has 0 spiro atoms. The standard InChI is InChI=1S/C14H19N3O5S/c1-3-15-13(18)14(19)16-11-9-10(5-6-12(11)22-2)17-7-4-8-23(17,20)21/h5-6,9H,3-4,7-8H2,1-2H3,(H,15,18)(H,16,19). The van der Waals surface area contributed by atoms with Crippen molar-refractivity contribution in [3.05, 3.63) is 18.2 Å². The van der Waals surface area contributed by atoms with Crippen molar-refractivity contribution in [2.24, 2.45) is 0 Å². The first-order valence-electron chi connectivity index (χ1n) is 7.16. The predicted octanol–water partition coefficient (Wildman–Crippen LogP) is 0.310. The fraction of sp³-hybridized carbons (Fsp3) is 0.429. The number of likely N-dealkylation sites (N-methyl/N-ethyl adjacent to an activating group) is 1. The van der Waals surface area contributed by atoms with Gasteiger partial charge in [-0.25, -0.2) is 8.42 Å². The molecule has 126 valence electrons. The summed E-state index contributed by atoms with van der Waals surface area (Å²) in [5, 5.41) is 4.83. The summed E-state index contributed by atoms with van der Waals surface area (Å²) in [4.78, 5) is 23.3. The van der Waals surface area contributed by atoms with Gasteiger partial charge >= 0.3 is 11.8 Å². The van der Waals surface area contributed by atoms with Gasteiger partial charge < -0.3 is 15.4 Å². The van der Waals surface area contributed by atoms with E-state index >= 15 is 0 Å². The van der Waals surface area contributed by atoms with Gasteiger partial charge in [-0.3, -0.25) is 13.9 Å². The quantitative estimate of drug-likeness (QED) is 0.767. The Balaban J connectivity index is 2.29. The van der Waals surface area contributed by atoms with Gasteiger partial charge in [0.25, 0.3) is 0 Å². The van der Waals surface area contributed by atoms with Crippen molar-refractivity contribution in [2.75, 3.05) is 35.6 Å². The number of nitrogens with one attached hydrogen (secondary N) is 2. The van der Waals surface area contributed by atoms with Crippen LogP contribution in [-0.4, -0.2) is 46.2 Å². The minimum absolute atomic E-state index is 0.0969. The van der Waals surface area contributed by atoms with Crippen LogP contribution in [0.4, 0.5) is 11.4 Å². The molecule has 1 aromatic carbocycles. The number of nitrogens with zero attached hydrogens (tertiary/aromatic N) is 1. The van der Waals surface area contributed by atoms with Gasteiger partial charge in [0.2, 0.25) is 10.0 Å². The maximum absolute atomic E-state index is 12.0. The topological polar surface area (TPSA) is 105 Å². The van der Waals surface area contributed by atoms with E-state index in [2.05, 4.69) is 10.6 Å². The van der Waals surface area contributed by atoms with Crippen LogP contribution in [0.1, 0.15) is 13.3 Å². The van der Waals surface area contributed by atoms with Crippen LogP contribution < -0.4 is 19.7 Å². The highest BCUT2D eigenvalue weighted by Gasteiger charge is 2.29. The van der Waals surface area contributed by atoms with Crippen LogP contribution in [0.2, 0.25) is 0 Å². The Labute approximate surface area is 134 Å². The number of benzene rings is 1. The summed E-state index contributed by atoms with van der Waals surface area (Å²) < 4.78 is 30.4. The van der Waals surface area contributed by atoms with Crippen LogP contribution in [0.5, 0.6) is 5.75 Å². The second-order valence-corrected chi connectivity index (χ2v) is 6.95. The Morgan fingerprint density at radius 1 is 1.30 bits per heavy atom. The van der Waals surface area contributed by atoms with Gasteiger partial charge in [-0.1, -0.05) is 0 Å². The zero-order valence-electron chi connectivity index (χ0n) is 13.0. The molecule has 9 heteroatoms. The molecular weight excluding hydrogens is 322 g/mol. The van der Waals surface area contributed by atoms with Crippen molar-refractivity contribution >= 4 is 33.2 Å². The molecule has 23 heavy (non-hydrogen) atoms. The highest BCUT2D eigenvalue weighted by molar-refractivity contribution is 7.93. The fourth-order valence-electron chi connectivity index (χ4n) is 2.30. The van der Waals surface area contributed by atoms with Crippen LogP contribution in [0.25, 0.3) is 0 Å². The highest BCUT2D eigenvalue weighted by Crippen LogP contribution is 2.32. The number of rotatable bonds is 4. The van der Waals surface area contributed by atoms with Crippen LogP contribution in [0.3, 0.4) is 0 Å². The molecule has 0 aromatic heterocycles. The SMILES string of the molecule is CCNC(=O)C(=O)Nc1cc(N2CCCS2(=O)=O)ccc1OC. The summed E-state index contributed by atoms with van der Waals surface area (Å²) >= 11 is 0. The number of sulfonamides is 1. The van der Waals surface area contributed by atoms with E-state index in [1.54, 1.807) is 19.1 Å². The number of hydrogen-bond donors (Lipinski definition) is 2. The van der Waals surface area contributed by atoms with Gasteiger partial charge in [-0.05, 0) is 31.5 Å². The maximum atomic E-state index is 12.0. The van der Waals surface area contributed by atoms with Gasteiger partial charge in [-0.15, -0.1) is 0 Å². The number of methoxy groups -OCH3 is 1. The molecule has 0 radical (unpaired) electrons. The highest BCUT2D eigenvalue weighted by atomic mass is 32.2. The first-order valence-corrected chi connectivity index (χ1v) is 8.77. The monoisotopic (exact) mass is 341 g/mol. The van der Waals surface area contributed by atoms with Gasteiger partial charge in [0.05, 0.1) is 24.2 Å². The van der Waals surface area contributed by atoms with Crippen molar-refractivity contribution in [1.29, 1.82) is 0 Å². The summed E-state index contributed by atoms with van der Waals surface area (Å²) in [6.07, 6.45) is 0.551. The molecule has 0 atom stereocenters. The van der Waals surface area contributed by atoms with Crippen molar-refractivity contribution in [3.8, 4) is 5.75 Å². The van der Waals surface area contributed by atoms with E-state index in [4.69, 9.17) is 4.74 Å². The number of hydrogen-bond acceptors (Lipinski definition) is 5. The number of amides is 2. The second kappa shape index (κ2) is 6.86. The zero-order chi connectivity index (χ0) is 17.0. The maximum Gasteiger partial charge on any atom is 0.313 e. The number of carbonyl (C=O) groups is 2. The first kappa shape index (κ1) is 17.1. The van der Waals surface area contributed by atoms with Gasteiger partial charge in [0.15, 0.2) is 0 Å². The lowest BCUT2D eigenvalue weighted by Gasteiger charge is -2.19. The molecule has 1 aliphatic rings. The van der Waals surface area contributed by atoms with E-state index in [9.17, 15) is 18.0 Å². The molecule has 0 aliphatic carbocycles. The number of ether oxygens (including phenoxy) is 1. The molecule has 1 saturated heterocycles. The lowest BCUT2D eigenvalue weighted by Crippen LogP contribution is -2.35. The lowest BCUT2D eigenvalue weighted by molar-refractivity contribution is -0.136. The molecule has 8 nitrogen and oxygen atoms in total. The Kier molecular flexibility index (Phi) is 5.09. The van der Waals surface area contributed by atoms with Crippen LogP contribution >= 0.6 is 0 Å². The smallest absolute Gasteiger partial charge is 0.313 e. The van der Waals surface area contributed by atoms with E-state index < -0.39 is 21.8 Å². The first-order chi connectivity index (χ1) is 10.9. The van der Waals surface area contributed by atoms with Crippen LogP contribution in [-0.2, 0) is 19.6 Å². The molecule has 1 heterocycles. The molecule has 1 fully saturated rings. The van der Waals surface area contributed by atoms with Gasteiger partial charge in [-0.2, -0.15) is 0 Å². The minimum Gasteiger partial charge on any atom is -0.495 e. The van der Waals surface area contributed by atoms with Crippen molar-refractivity contribution in [2.45, 2.75) is 13.3 Å². The molecular formula is C14H19N3O5S. The van der Waals surface area contributed by atoms with Gasteiger partial charge in [0, 0.05) is 13.1 Å². The Morgan fingerprint density at radius 3 is 2.61 bits per heavy atom. The molecule has 0 bridgehead atoms. The fourth-order valence-corrected chi connectivity index (χ4v) is 3.85. The Morgan fingerprint density at radius 2 is 2.04 bits per heavy atom. The summed E-state index contributed by atoms with van der Waals surface area (Å²) in [5.41, 5.74) is 0.665. The third-order valence-corrected chi connectivity index (χ3v) is 5.23. The molecule has 1 aromatic rings. The van der Waals surface area contributed by atoms with E-state index in [0.29, 0.717) is 30.9 Å². The summed E-state index contributed by atoms with van der Waals surface area (Å²) in [6, 6.07) is 4.64. The minimum atomic E-state index is -3.33. The molecule has 2 amide bonds. The molecule has 1 aliphatic heterocycles. The number of carbonyl (C=O) groups excluding carboxylic acids is 2.